The summed E-state index contributed by atoms with van der Waals surface area (Å²) < 4.78 is 0. The van der Waals surface area contributed by atoms with Crippen LogP contribution in [-0.2, 0) is 0 Å². The Morgan fingerprint density at radius 3 is 2.67 bits per heavy atom. The quantitative estimate of drug-likeness (QED) is 0.895. The maximum atomic E-state index is 12.4. The minimum absolute atomic E-state index is 0.0822. The molecule has 1 fully saturated rings. The molecule has 0 radical (unpaired) electrons. The van der Waals surface area contributed by atoms with Crippen molar-refractivity contribution < 1.29 is 4.79 Å². The fourth-order valence-electron chi connectivity index (χ4n) is 2.65. The van der Waals surface area contributed by atoms with Crippen LogP contribution in [0.4, 0.5) is 11.8 Å². The second kappa shape index (κ2) is 7.20. The van der Waals surface area contributed by atoms with E-state index in [0.29, 0.717) is 37.8 Å². The number of amides is 1. The van der Waals surface area contributed by atoms with E-state index in [9.17, 15) is 4.79 Å². The van der Waals surface area contributed by atoms with Gasteiger partial charge in [0.05, 0.1) is 6.20 Å². The van der Waals surface area contributed by atoms with Gasteiger partial charge >= 0.3 is 0 Å². The molecular weight excluding hydrogens is 306 g/mol. The van der Waals surface area contributed by atoms with Gasteiger partial charge in [0, 0.05) is 56.9 Å². The first-order chi connectivity index (χ1) is 11.7. The molecule has 0 unspecified atom stereocenters. The van der Waals surface area contributed by atoms with Gasteiger partial charge in [-0.05, 0) is 13.8 Å². The number of carbonyl (C=O) groups excluding carboxylic acids is 1. The molecule has 24 heavy (non-hydrogen) atoms. The van der Waals surface area contributed by atoms with E-state index in [0.717, 1.165) is 18.1 Å². The third-order valence-corrected chi connectivity index (χ3v) is 3.83. The molecule has 0 aliphatic carbocycles. The van der Waals surface area contributed by atoms with Gasteiger partial charge in [-0.2, -0.15) is 4.98 Å². The fraction of sp³-hybridized carbons (Fsp3) is 0.438. The molecule has 0 atom stereocenters. The first-order valence-corrected chi connectivity index (χ1v) is 8.07. The highest BCUT2D eigenvalue weighted by Gasteiger charge is 2.24. The number of piperazine rings is 1. The lowest BCUT2D eigenvalue weighted by molar-refractivity contribution is 0.0740. The number of aromatic nitrogens is 4. The summed E-state index contributed by atoms with van der Waals surface area (Å²) in [4.78, 5) is 33.4. The highest BCUT2D eigenvalue weighted by Crippen LogP contribution is 2.16. The molecule has 3 rings (SSSR count). The number of aryl methyl sites for hydroxylation is 1. The van der Waals surface area contributed by atoms with Gasteiger partial charge in [-0.15, -0.1) is 0 Å². The predicted molar refractivity (Wildman–Crippen MR) is 91.1 cm³/mol. The van der Waals surface area contributed by atoms with Gasteiger partial charge in [-0.3, -0.25) is 9.78 Å². The summed E-state index contributed by atoms with van der Waals surface area (Å²) in [6.45, 7) is 7.43. The van der Waals surface area contributed by atoms with Crippen LogP contribution in [0, 0.1) is 6.92 Å². The molecule has 2 aromatic rings. The van der Waals surface area contributed by atoms with Gasteiger partial charge in [0.2, 0.25) is 5.95 Å². The molecule has 0 spiro atoms. The Morgan fingerprint density at radius 2 is 2.00 bits per heavy atom. The summed E-state index contributed by atoms with van der Waals surface area (Å²) in [5.74, 6) is 1.46. The Morgan fingerprint density at radius 1 is 1.21 bits per heavy atom. The van der Waals surface area contributed by atoms with Crippen LogP contribution in [0.5, 0.6) is 0 Å². The topological polar surface area (TPSA) is 87.1 Å². The summed E-state index contributed by atoms with van der Waals surface area (Å²) in [6, 6.07) is 1.93. The largest absolute Gasteiger partial charge is 0.370 e. The van der Waals surface area contributed by atoms with Crippen molar-refractivity contribution in [3.05, 3.63) is 36.0 Å². The zero-order valence-electron chi connectivity index (χ0n) is 13.9. The average molecular weight is 327 g/mol. The van der Waals surface area contributed by atoms with Crippen LogP contribution >= 0.6 is 0 Å². The Balaban J connectivity index is 1.66. The minimum atomic E-state index is -0.0822. The zero-order chi connectivity index (χ0) is 16.9. The lowest BCUT2D eigenvalue weighted by atomic mass is 10.3. The van der Waals surface area contributed by atoms with Crippen LogP contribution in [0.25, 0.3) is 0 Å². The molecular formula is C16H21N7O. The standard InChI is InChI=1S/C16H21N7O/c1-3-18-14-10-12(2)20-16(21-14)23-8-6-22(7-9-23)15(24)13-11-17-4-5-19-13/h4-5,10-11H,3,6-9H2,1-2H3,(H,18,20,21). The highest BCUT2D eigenvalue weighted by molar-refractivity contribution is 5.92. The van der Waals surface area contributed by atoms with Crippen molar-refractivity contribution in [3.63, 3.8) is 0 Å². The predicted octanol–water partition coefficient (Wildman–Crippen LogP) is 0.969. The van der Waals surface area contributed by atoms with E-state index in [-0.39, 0.29) is 5.91 Å². The molecule has 8 nitrogen and oxygen atoms in total. The molecule has 3 heterocycles. The van der Waals surface area contributed by atoms with Crippen molar-refractivity contribution in [1.29, 1.82) is 0 Å². The summed E-state index contributed by atoms with van der Waals surface area (Å²) in [6.07, 6.45) is 4.60. The molecule has 1 amide bonds. The van der Waals surface area contributed by atoms with E-state index in [1.165, 1.54) is 12.4 Å². The number of carbonyl (C=O) groups is 1. The monoisotopic (exact) mass is 327 g/mol. The number of rotatable bonds is 4. The van der Waals surface area contributed by atoms with Crippen LogP contribution in [-0.4, -0.2) is 63.5 Å². The number of hydrogen-bond donors (Lipinski definition) is 1. The van der Waals surface area contributed by atoms with Gasteiger partial charge in [0.15, 0.2) is 0 Å². The Kier molecular flexibility index (Phi) is 4.83. The number of anilines is 2. The fourth-order valence-corrected chi connectivity index (χ4v) is 2.65. The van der Waals surface area contributed by atoms with Crippen molar-refractivity contribution >= 4 is 17.7 Å². The molecule has 126 valence electrons. The molecule has 1 saturated heterocycles. The third kappa shape index (κ3) is 3.58. The maximum Gasteiger partial charge on any atom is 0.274 e. The Labute approximate surface area is 141 Å². The van der Waals surface area contributed by atoms with Crippen LogP contribution < -0.4 is 10.2 Å². The van der Waals surface area contributed by atoms with Crippen molar-refractivity contribution in [3.8, 4) is 0 Å². The normalized spacial score (nSPS) is 14.6. The van der Waals surface area contributed by atoms with Gasteiger partial charge in [-0.25, -0.2) is 9.97 Å². The summed E-state index contributed by atoms with van der Waals surface area (Å²) in [7, 11) is 0. The van der Waals surface area contributed by atoms with Crippen molar-refractivity contribution in [2.24, 2.45) is 0 Å². The van der Waals surface area contributed by atoms with Crippen LogP contribution in [0.2, 0.25) is 0 Å². The number of nitrogens with one attached hydrogen (secondary N) is 1. The lowest BCUT2D eigenvalue weighted by Crippen LogP contribution is -2.49. The van der Waals surface area contributed by atoms with Crippen LogP contribution in [0.15, 0.2) is 24.7 Å². The van der Waals surface area contributed by atoms with Gasteiger partial charge in [0.1, 0.15) is 11.5 Å². The highest BCUT2D eigenvalue weighted by atomic mass is 16.2. The van der Waals surface area contributed by atoms with E-state index in [4.69, 9.17) is 0 Å². The van der Waals surface area contributed by atoms with E-state index >= 15 is 0 Å². The smallest absolute Gasteiger partial charge is 0.274 e. The van der Waals surface area contributed by atoms with E-state index in [1.54, 1.807) is 11.1 Å². The van der Waals surface area contributed by atoms with Crippen molar-refractivity contribution in [2.45, 2.75) is 13.8 Å². The zero-order valence-corrected chi connectivity index (χ0v) is 13.9. The first-order valence-electron chi connectivity index (χ1n) is 8.07. The molecule has 2 aromatic heterocycles. The molecule has 0 bridgehead atoms. The molecule has 0 aromatic carbocycles. The van der Waals surface area contributed by atoms with Crippen molar-refractivity contribution in [2.75, 3.05) is 42.9 Å². The van der Waals surface area contributed by atoms with E-state index < -0.39 is 0 Å². The van der Waals surface area contributed by atoms with Crippen LogP contribution in [0.1, 0.15) is 23.1 Å². The maximum absolute atomic E-state index is 12.4. The lowest BCUT2D eigenvalue weighted by Gasteiger charge is -2.34. The summed E-state index contributed by atoms with van der Waals surface area (Å²) in [5.41, 5.74) is 1.31. The van der Waals surface area contributed by atoms with Gasteiger partial charge in [-0.1, -0.05) is 0 Å². The Bertz CT molecular complexity index is 699. The molecule has 1 aliphatic rings. The number of hydrogen-bond acceptors (Lipinski definition) is 7. The van der Waals surface area contributed by atoms with E-state index in [1.807, 2.05) is 19.9 Å². The second-order valence-electron chi connectivity index (χ2n) is 5.59. The first kappa shape index (κ1) is 16.1. The Hall–Kier alpha value is -2.77. The average Bonchev–Trinajstić information content (AvgIpc) is 2.62. The number of nitrogens with zero attached hydrogens (tertiary/aromatic N) is 6. The third-order valence-electron chi connectivity index (χ3n) is 3.83. The SMILES string of the molecule is CCNc1cc(C)nc(N2CCN(C(=O)c3cnccn3)CC2)n1. The summed E-state index contributed by atoms with van der Waals surface area (Å²) in [5, 5.41) is 3.22. The van der Waals surface area contributed by atoms with Crippen LogP contribution in [0.3, 0.4) is 0 Å². The van der Waals surface area contributed by atoms with Crippen molar-refractivity contribution in [1.82, 2.24) is 24.8 Å². The van der Waals surface area contributed by atoms with E-state index in [2.05, 4.69) is 30.2 Å². The molecule has 1 N–H and O–H groups in total. The minimum Gasteiger partial charge on any atom is -0.370 e. The molecule has 8 heteroatoms. The molecule has 0 saturated carbocycles. The summed E-state index contributed by atoms with van der Waals surface area (Å²) >= 11 is 0. The van der Waals surface area contributed by atoms with Gasteiger partial charge < -0.3 is 15.1 Å². The molecule has 1 aliphatic heterocycles. The van der Waals surface area contributed by atoms with Gasteiger partial charge in [0.25, 0.3) is 5.91 Å². The second-order valence-corrected chi connectivity index (χ2v) is 5.59.